The van der Waals surface area contributed by atoms with Gasteiger partial charge in [-0.15, -0.1) is 0 Å². The van der Waals surface area contributed by atoms with E-state index in [2.05, 4.69) is 10.3 Å². The van der Waals surface area contributed by atoms with Crippen LogP contribution in [0.3, 0.4) is 0 Å². The summed E-state index contributed by atoms with van der Waals surface area (Å²) in [5.74, 6) is 0.795. The van der Waals surface area contributed by atoms with Crippen molar-refractivity contribution in [3.8, 4) is 0 Å². The van der Waals surface area contributed by atoms with Gasteiger partial charge in [0.2, 0.25) is 5.91 Å². The lowest BCUT2D eigenvalue weighted by Crippen LogP contribution is -2.32. The van der Waals surface area contributed by atoms with Crippen LogP contribution in [0.2, 0.25) is 5.15 Å². The third kappa shape index (κ3) is 2.76. The van der Waals surface area contributed by atoms with Crippen molar-refractivity contribution in [2.24, 2.45) is 7.05 Å². The molecule has 2 aromatic heterocycles. The van der Waals surface area contributed by atoms with Gasteiger partial charge in [0, 0.05) is 24.7 Å². The highest BCUT2D eigenvalue weighted by Gasteiger charge is 2.34. The van der Waals surface area contributed by atoms with Crippen LogP contribution in [-0.2, 0) is 18.3 Å². The lowest BCUT2D eigenvalue weighted by atomic mass is 10.0. The summed E-state index contributed by atoms with van der Waals surface area (Å²) in [5.41, 5.74) is 3.52. The molecule has 0 unspecified atom stereocenters. The molecule has 7 heteroatoms. The second kappa shape index (κ2) is 6.00. The summed E-state index contributed by atoms with van der Waals surface area (Å²) < 4.78 is 6.82. The molecule has 1 amide bonds. The van der Waals surface area contributed by atoms with Crippen molar-refractivity contribution in [2.75, 3.05) is 6.54 Å². The molecule has 23 heavy (non-hydrogen) atoms. The predicted molar refractivity (Wildman–Crippen MR) is 86.3 cm³/mol. The number of hydrogen-bond acceptors (Lipinski definition) is 4. The van der Waals surface area contributed by atoms with E-state index in [1.54, 1.807) is 4.68 Å². The minimum Gasteiger partial charge on any atom is -0.361 e. The Balaban J connectivity index is 1.85. The number of nitrogens with zero attached hydrogens (tertiary/aromatic N) is 4. The van der Waals surface area contributed by atoms with Gasteiger partial charge in [0.1, 0.15) is 10.9 Å². The first-order valence-electron chi connectivity index (χ1n) is 7.80. The van der Waals surface area contributed by atoms with Crippen LogP contribution in [0.1, 0.15) is 47.2 Å². The predicted octanol–water partition coefficient (Wildman–Crippen LogP) is 2.89. The van der Waals surface area contributed by atoms with E-state index >= 15 is 0 Å². The number of aryl methyl sites for hydroxylation is 4. The third-order valence-corrected chi connectivity index (χ3v) is 5.06. The Hall–Kier alpha value is -1.82. The smallest absolute Gasteiger partial charge is 0.227 e. The topological polar surface area (TPSA) is 64.2 Å². The largest absolute Gasteiger partial charge is 0.361 e. The number of carbonyl (C=O) groups excluding carboxylic acids is 1. The first kappa shape index (κ1) is 16.1. The molecule has 0 spiro atoms. The van der Waals surface area contributed by atoms with Crippen LogP contribution < -0.4 is 0 Å². The van der Waals surface area contributed by atoms with Gasteiger partial charge >= 0.3 is 0 Å². The van der Waals surface area contributed by atoms with Gasteiger partial charge in [-0.2, -0.15) is 5.10 Å². The van der Waals surface area contributed by atoms with Crippen molar-refractivity contribution in [2.45, 2.75) is 46.1 Å². The van der Waals surface area contributed by atoms with Crippen molar-refractivity contribution in [3.05, 3.63) is 33.4 Å². The van der Waals surface area contributed by atoms with Gasteiger partial charge < -0.3 is 9.42 Å². The fourth-order valence-electron chi connectivity index (χ4n) is 3.40. The van der Waals surface area contributed by atoms with E-state index in [-0.39, 0.29) is 11.9 Å². The van der Waals surface area contributed by atoms with Crippen molar-refractivity contribution in [1.29, 1.82) is 0 Å². The Kier molecular flexibility index (Phi) is 4.19. The first-order chi connectivity index (χ1) is 10.9. The second-order valence-corrected chi connectivity index (χ2v) is 6.50. The molecular weight excluding hydrogens is 316 g/mol. The van der Waals surface area contributed by atoms with Crippen LogP contribution in [0.15, 0.2) is 4.52 Å². The first-order valence-corrected chi connectivity index (χ1v) is 8.18. The van der Waals surface area contributed by atoms with E-state index in [9.17, 15) is 4.79 Å². The SMILES string of the molecule is Cc1noc(C)c1CC(=O)N1CCC[C@@H]1c1c(C)nn(C)c1Cl. The van der Waals surface area contributed by atoms with Crippen LogP contribution in [-0.4, -0.2) is 32.3 Å². The fraction of sp³-hybridized carbons (Fsp3) is 0.562. The number of carbonyl (C=O) groups is 1. The van der Waals surface area contributed by atoms with Crippen LogP contribution in [0, 0.1) is 20.8 Å². The number of hydrogen-bond donors (Lipinski definition) is 0. The van der Waals surface area contributed by atoms with E-state index in [0.29, 0.717) is 17.3 Å². The Morgan fingerprint density at radius 1 is 1.35 bits per heavy atom. The van der Waals surface area contributed by atoms with Gasteiger partial charge in [0.15, 0.2) is 0 Å². The normalized spacial score (nSPS) is 18.0. The summed E-state index contributed by atoms with van der Waals surface area (Å²) in [6, 6.07) is 0.00386. The molecule has 0 N–H and O–H groups in total. The number of likely N-dealkylation sites (tertiary alicyclic amines) is 1. The number of halogens is 1. The summed E-state index contributed by atoms with van der Waals surface area (Å²) >= 11 is 6.39. The van der Waals surface area contributed by atoms with Crippen molar-refractivity contribution < 1.29 is 9.32 Å². The molecule has 1 aliphatic rings. The highest BCUT2D eigenvalue weighted by Crippen LogP contribution is 2.37. The molecule has 1 aliphatic heterocycles. The van der Waals surface area contributed by atoms with Gasteiger partial charge in [-0.25, -0.2) is 0 Å². The molecular formula is C16H21ClN4O2. The lowest BCUT2D eigenvalue weighted by molar-refractivity contribution is -0.131. The number of aromatic nitrogens is 3. The van der Waals surface area contributed by atoms with Crippen LogP contribution >= 0.6 is 11.6 Å². The summed E-state index contributed by atoms with van der Waals surface area (Å²) in [4.78, 5) is 14.7. The average molecular weight is 337 g/mol. The Morgan fingerprint density at radius 2 is 2.09 bits per heavy atom. The van der Waals surface area contributed by atoms with Crippen molar-refractivity contribution in [1.82, 2.24) is 19.8 Å². The van der Waals surface area contributed by atoms with E-state index in [4.69, 9.17) is 16.1 Å². The molecule has 0 aromatic carbocycles. The molecule has 1 atom stereocenters. The van der Waals surface area contributed by atoms with Gasteiger partial charge in [-0.05, 0) is 33.6 Å². The van der Waals surface area contributed by atoms with E-state index in [0.717, 1.165) is 41.9 Å². The molecule has 0 radical (unpaired) electrons. The summed E-state index contributed by atoms with van der Waals surface area (Å²) in [6.45, 7) is 6.39. The molecule has 6 nitrogen and oxygen atoms in total. The zero-order valence-corrected chi connectivity index (χ0v) is 14.6. The van der Waals surface area contributed by atoms with Crippen molar-refractivity contribution >= 4 is 17.5 Å². The molecule has 3 rings (SSSR count). The summed E-state index contributed by atoms with van der Waals surface area (Å²) in [7, 11) is 1.82. The standard InChI is InChI=1S/C16H21ClN4O2/c1-9-12(11(3)23-19-9)8-14(22)21-7-5-6-13(21)15-10(2)18-20(4)16(15)17/h13H,5-8H2,1-4H3/t13-/m1/s1. The van der Waals surface area contributed by atoms with E-state index < -0.39 is 0 Å². The summed E-state index contributed by atoms with van der Waals surface area (Å²) in [6.07, 6.45) is 2.21. The molecule has 1 fully saturated rings. The number of rotatable bonds is 3. The Bertz CT molecular complexity index is 730. The quantitative estimate of drug-likeness (QED) is 0.864. The van der Waals surface area contributed by atoms with Gasteiger partial charge in [0.25, 0.3) is 0 Å². The van der Waals surface area contributed by atoms with Gasteiger partial charge in [-0.1, -0.05) is 16.8 Å². The maximum atomic E-state index is 12.8. The maximum absolute atomic E-state index is 12.8. The number of amides is 1. The molecule has 124 valence electrons. The zero-order valence-electron chi connectivity index (χ0n) is 13.9. The monoisotopic (exact) mass is 336 g/mol. The Morgan fingerprint density at radius 3 is 2.65 bits per heavy atom. The van der Waals surface area contributed by atoms with E-state index in [1.165, 1.54) is 0 Å². The summed E-state index contributed by atoms with van der Waals surface area (Å²) in [5, 5.41) is 8.91. The second-order valence-electron chi connectivity index (χ2n) is 6.14. The molecule has 3 heterocycles. The minimum atomic E-state index is 0.00386. The highest BCUT2D eigenvalue weighted by molar-refractivity contribution is 6.30. The Labute approximate surface area is 140 Å². The van der Waals surface area contributed by atoms with Crippen LogP contribution in [0.4, 0.5) is 0 Å². The molecule has 2 aromatic rings. The maximum Gasteiger partial charge on any atom is 0.227 e. The zero-order chi connectivity index (χ0) is 16.7. The van der Waals surface area contributed by atoms with Gasteiger partial charge in [-0.3, -0.25) is 9.48 Å². The average Bonchev–Trinajstić information content (AvgIpc) is 3.15. The molecule has 1 saturated heterocycles. The third-order valence-electron chi connectivity index (χ3n) is 4.61. The highest BCUT2D eigenvalue weighted by atomic mass is 35.5. The van der Waals surface area contributed by atoms with Crippen LogP contribution in [0.5, 0.6) is 0 Å². The molecule has 0 aliphatic carbocycles. The van der Waals surface area contributed by atoms with Gasteiger partial charge in [0.05, 0.1) is 23.9 Å². The fourth-order valence-corrected chi connectivity index (χ4v) is 3.70. The van der Waals surface area contributed by atoms with Crippen molar-refractivity contribution in [3.63, 3.8) is 0 Å². The lowest BCUT2D eigenvalue weighted by Gasteiger charge is -2.25. The minimum absolute atomic E-state index is 0.00386. The molecule has 0 bridgehead atoms. The van der Waals surface area contributed by atoms with E-state index in [1.807, 2.05) is 32.7 Å². The van der Waals surface area contributed by atoms with Crippen LogP contribution in [0.25, 0.3) is 0 Å². The molecule has 0 saturated carbocycles.